The minimum atomic E-state index is 0.0997. The Bertz CT molecular complexity index is 389. The Morgan fingerprint density at radius 1 is 1.37 bits per heavy atom. The fourth-order valence-corrected chi connectivity index (χ4v) is 2.73. The number of morpholine rings is 1. The van der Waals surface area contributed by atoms with Gasteiger partial charge in [0, 0.05) is 31.1 Å². The van der Waals surface area contributed by atoms with Crippen molar-refractivity contribution < 1.29 is 4.74 Å². The summed E-state index contributed by atoms with van der Waals surface area (Å²) in [7, 11) is 0. The molecule has 1 heterocycles. The fraction of sp³-hybridized carbons (Fsp3) is 0.625. The van der Waals surface area contributed by atoms with Gasteiger partial charge in [-0.3, -0.25) is 4.90 Å². The van der Waals surface area contributed by atoms with Crippen LogP contribution in [0.2, 0.25) is 0 Å². The summed E-state index contributed by atoms with van der Waals surface area (Å²) >= 11 is 0. The summed E-state index contributed by atoms with van der Waals surface area (Å²) in [5, 5.41) is 0. The molecule has 0 amide bonds. The molecule has 106 valence electrons. The minimum absolute atomic E-state index is 0.0997. The standard InChI is InChI=1S/C16H26N2O/c1-13(17)15-11-18(9-10-19-15)12-16(2,3)14-7-5-4-6-8-14/h4-8,13,15H,9-12,17H2,1-3H3/t13-,15-/m0/s1. The molecule has 3 heteroatoms. The molecule has 2 rings (SSSR count). The van der Waals surface area contributed by atoms with Crippen LogP contribution in [-0.4, -0.2) is 43.3 Å². The summed E-state index contributed by atoms with van der Waals surface area (Å²) in [5.74, 6) is 0. The van der Waals surface area contributed by atoms with Gasteiger partial charge in [0.15, 0.2) is 0 Å². The van der Waals surface area contributed by atoms with E-state index in [9.17, 15) is 0 Å². The number of nitrogens with two attached hydrogens (primary N) is 1. The molecule has 1 saturated heterocycles. The lowest BCUT2D eigenvalue weighted by atomic mass is 9.84. The third kappa shape index (κ3) is 3.78. The Labute approximate surface area is 116 Å². The first-order valence-electron chi connectivity index (χ1n) is 7.14. The highest BCUT2D eigenvalue weighted by molar-refractivity contribution is 5.24. The number of hydrogen-bond acceptors (Lipinski definition) is 3. The number of rotatable bonds is 4. The fourth-order valence-electron chi connectivity index (χ4n) is 2.73. The van der Waals surface area contributed by atoms with E-state index in [-0.39, 0.29) is 17.6 Å². The highest BCUT2D eigenvalue weighted by atomic mass is 16.5. The van der Waals surface area contributed by atoms with Crippen LogP contribution in [0.15, 0.2) is 30.3 Å². The van der Waals surface area contributed by atoms with Gasteiger partial charge in [0.05, 0.1) is 12.7 Å². The van der Waals surface area contributed by atoms with Crippen LogP contribution in [0, 0.1) is 0 Å². The average Bonchev–Trinajstić information content (AvgIpc) is 2.39. The van der Waals surface area contributed by atoms with Crippen LogP contribution in [0.3, 0.4) is 0 Å². The largest absolute Gasteiger partial charge is 0.374 e. The second kappa shape index (κ2) is 6.04. The third-order valence-corrected chi connectivity index (χ3v) is 3.94. The van der Waals surface area contributed by atoms with Crippen LogP contribution in [-0.2, 0) is 10.2 Å². The molecule has 0 radical (unpaired) electrons. The van der Waals surface area contributed by atoms with Crippen LogP contribution >= 0.6 is 0 Å². The molecule has 0 aliphatic carbocycles. The van der Waals surface area contributed by atoms with Gasteiger partial charge in [-0.25, -0.2) is 0 Å². The molecule has 1 fully saturated rings. The molecule has 1 aliphatic rings. The number of ether oxygens (including phenoxy) is 1. The number of nitrogens with zero attached hydrogens (tertiary/aromatic N) is 1. The van der Waals surface area contributed by atoms with Crippen molar-refractivity contribution >= 4 is 0 Å². The number of benzene rings is 1. The van der Waals surface area contributed by atoms with E-state index in [0.29, 0.717) is 0 Å². The Balaban J connectivity index is 2.00. The van der Waals surface area contributed by atoms with Gasteiger partial charge in [0.25, 0.3) is 0 Å². The summed E-state index contributed by atoms with van der Waals surface area (Å²) < 4.78 is 5.72. The van der Waals surface area contributed by atoms with Crippen molar-refractivity contribution in [2.24, 2.45) is 5.73 Å². The maximum Gasteiger partial charge on any atom is 0.0850 e. The molecule has 2 atom stereocenters. The zero-order chi connectivity index (χ0) is 13.9. The maximum absolute atomic E-state index is 5.95. The average molecular weight is 262 g/mol. The Morgan fingerprint density at radius 3 is 2.68 bits per heavy atom. The molecular formula is C16H26N2O. The highest BCUT2D eigenvalue weighted by Crippen LogP contribution is 2.25. The van der Waals surface area contributed by atoms with Crippen LogP contribution in [0.25, 0.3) is 0 Å². The third-order valence-electron chi connectivity index (χ3n) is 3.94. The molecule has 1 aromatic rings. The summed E-state index contributed by atoms with van der Waals surface area (Å²) in [6, 6.07) is 10.8. The molecule has 0 bridgehead atoms. The molecular weight excluding hydrogens is 236 g/mol. The molecule has 0 spiro atoms. The van der Waals surface area contributed by atoms with E-state index >= 15 is 0 Å². The summed E-state index contributed by atoms with van der Waals surface area (Å²) in [4.78, 5) is 2.48. The van der Waals surface area contributed by atoms with Crippen molar-refractivity contribution in [3.8, 4) is 0 Å². The predicted molar refractivity (Wildman–Crippen MR) is 79.3 cm³/mol. The van der Waals surface area contributed by atoms with Gasteiger partial charge < -0.3 is 10.5 Å². The van der Waals surface area contributed by atoms with E-state index in [4.69, 9.17) is 10.5 Å². The normalized spacial score (nSPS) is 23.3. The Kier molecular flexibility index (Phi) is 4.61. The van der Waals surface area contributed by atoms with Crippen molar-refractivity contribution in [3.05, 3.63) is 35.9 Å². The molecule has 0 aromatic heterocycles. The second-order valence-corrected chi connectivity index (χ2v) is 6.25. The maximum atomic E-state index is 5.95. The van der Waals surface area contributed by atoms with Crippen molar-refractivity contribution in [3.63, 3.8) is 0 Å². The molecule has 1 aliphatic heterocycles. The molecule has 1 aromatic carbocycles. The van der Waals surface area contributed by atoms with E-state index in [1.807, 2.05) is 6.92 Å². The second-order valence-electron chi connectivity index (χ2n) is 6.25. The first-order valence-corrected chi connectivity index (χ1v) is 7.14. The van der Waals surface area contributed by atoms with Gasteiger partial charge in [-0.1, -0.05) is 44.2 Å². The lowest BCUT2D eigenvalue weighted by Crippen LogP contribution is -2.52. The van der Waals surface area contributed by atoms with Crippen LogP contribution < -0.4 is 5.73 Å². The van der Waals surface area contributed by atoms with Gasteiger partial charge in [0.2, 0.25) is 0 Å². The smallest absolute Gasteiger partial charge is 0.0850 e. The molecule has 2 N–H and O–H groups in total. The van der Waals surface area contributed by atoms with Gasteiger partial charge in [-0.2, -0.15) is 0 Å². The van der Waals surface area contributed by atoms with Crippen molar-refractivity contribution in [1.29, 1.82) is 0 Å². The Morgan fingerprint density at radius 2 is 2.05 bits per heavy atom. The zero-order valence-corrected chi connectivity index (χ0v) is 12.3. The van der Waals surface area contributed by atoms with Crippen LogP contribution in [0.5, 0.6) is 0 Å². The first-order chi connectivity index (χ1) is 8.99. The zero-order valence-electron chi connectivity index (χ0n) is 12.3. The molecule has 19 heavy (non-hydrogen) atoms. The quantitative estimate of drug-likeness (QED) is 0.902. The van der Waals surface area contributed by atoms with Crippen LogP contribution in [0.4, 0.5) is 0 Å². The van der Waals surface area contributed by atoms with E-state index < -0.39 is 0 Å². The van der Waals surface area contributed by atoms with Gasteiger partial charge in [0.1, 0.15) is 0 Å². The lowest BCUT2D eigenvalue weighted by molar-refractivity contribution is -0.0424. The highest BCUT2D eigenvalue weighted by Gasteiger charge is 2.29. The monoisotopic (exact) mass is 262 g/mol. The van der Waals surface area contributed by atoms with Crippen LogP contribution in [0.1, 0.15) is 26.3 Å². The topological polar surface area (TPSA) is 38.5 Å². The Hall–Kier alpha value is -0.900. The van der Waals surface area contributed by atoms with E-state index in [2.05, 4.69) is 49.1 Å². The van der Waals surface area contributed by atoms with Crippen molar-refractivity contribution in [2.45, 2.75) is 38.3 Å². The van der Waals surface area contributed by atoms with E-state index in [1.165, 1.54) is 5.56 Å². The summed E-state index contributed by atoms with van der Waals surface area (Å²) in [6.07, 6.45) is 0.167. The first kappa shape index (κ1) is 14.5. The predicted octanol–water partition coefficient (Wildman–Crippen LogP) is 2.01. The van der Waals surface area contributed by atoms with Gasteiger partial charge in [-0.15, -0.1) is 0 Å². The van der Waals surface area contributed by atoms with E-state index in [0.717, 1.165) is 26.2 Å². The van der Waals surface area contributed by atoms with Gasteiger partial charge >= 0.3 is 0 Å². The molecule has 0 unspecified atom stereocenters. The summed E-state index contributed by atoms with van der Waals surface area (Å²) in [6.45, 7) is 10.4. The SMILES string of the molecule is C[C@H](N)[C@@H]1CN(CC(C)(C)c2ccccc2)CCO1. The minimum Gasteiger partial charge on any atom is -0.374 e. The lowest BCUT2D eigenvalue weighted by Gasteiger charge is -2.39. The van der Waals surface area contributed by atoms with Crippen molar-refractivity contribution in [2.75, 3.05) is 26.2 Å². The van der Waals surface area contributed by atoms with E-state index in [1.54, 1.807) is 0 Å². The van der Waals surface area contributed by atoms with Gasteiger partial charge in [-0.05, 0) is 12.5 Å². The van der Waals surface area contributed by atoms with Crippen molar-refractivity contribution in [1.82, 2.24) is 4.90 Å². The molecule has 3 nitrogen and oxygen atoms in total. The number of hydrogen-bond donors (Lipinski definition) is 1. The summed E-state index contributed by atoms with van der Waals surface area (Å²) in [5.41, 5.74) is 7.49. The molecule has 0 saturated carbocycles.